The van der Waals surface area contributed by atoms with Crippen LogP contribution in [-0.4, -0.2) is 28.5 Å². The van der Waals surface area contributed by atoms with Crippen molar-refractivity contribution in [1.29, 1.82) is 0 Å². The van der Waals surface area contributed by atoms with Crippen molar-refractivity contribution < 1.29 is 9.59 Å². The number of carbonyl (C=O) groups excluding carboxylic acids is 2. The summed E-state index contributed by atoms with van der Waals surface area (Å²) in [5, 5.41) is 3.66. The molecule has 0 aromatic heterocycles. The number of nitrogens with zero attached hydrogens (tertiary/aromatic N) is 1. The van der Waals surface area contributed by atoms with Crippen molar-refractivity contribution in [1.82, 2.24) is 10.2 Å². The van der Waals surface area contributed by atoms with Gasteiger partial charge in [0.05, 0.1) is 5.75 Å². The Bertz CT molecular complexity index is 837. The van der Waals surface area contributed by atoms with E-state index in [9.17, 15) is 9.59 Å². The Labute approximate surface area is 175 Å². The molecule has 1 heterocycles. The van der Waals surface area contributed by atoms with Crippen molar-refractivity contribution in [2.45, 2.75) is 38.7 Å². The Morgan fingerprint density at radius 2 is 1.79 bits per heavy atom. The number of thioether (sulfide) groups is 1. The molecular formula is C22H25ClN2O2S. The summed E-state index contributed by atoms with van der Waals surface area (Å²) < 4.78 is 0. The van der Waals surface area contributed by atoms with Gasteiger partial charge in [-0.25, -0.2) is 0 Å². The first-order valence-electron chi connectivity index (χ1n) is 9.41. The lowest BCUT2D eigenvalue weighted by molar-refractivity contribution is -0.128. The molecule has 0 spiro atoms. The van der Waals surface area contributed by atoms with Crippen LogP contribution in [0.3, 0.4) is 0 Å². The summed E-state index contributed by atoms with van der Waals surface area (Å²) in [6, 6.07) is 15.2. The fourth-order valence-corrected chi connectivity index (χ4v) is 4.26. The summed E-state index contributed by atoms with van der Waals surface area (Å²) in [5.41, 5.74) is 2.71. The summed E-state index contributed by atoms with van der Waals surface area (Å²) >= 11 is 7.57. The maximum atomic E-state index is 12.4. The minimum Gasteiger partial charge on any atom is -0.349 e. The largest absolute Gasteiger partial charge is 0.349 e. The van der Waals surface area contributed by atoms with Crippen molar-refractivity contribution in [3.05, 3.63) is 70.2 Å². The number of benzene rings is 2. The summed E-state index contributed by atoms with van der Waals surface area (Å²) in [5.74, 6) is 0.899. The van der Waals surface area contributed by atoms with Gasteiger partial charge in [0.2, 0.25) is 5.91 Å². The van der Waals surface area contributed by atoms with Crippen molar-refractivity contribution >= 4 is 35.2 Å². The summed E-state index contributed by atoms with van der Waals surface area (Å²) in [4.78, 5) is 26.7. The minimum atomic E-state index is -0.0686. The second kappa shape index (κ2) is 9.01. The first-order valence-corrected chi connectivity index (χ1v) is 10.8. The van der Waals surface area contributed by atoms with Crippen LogP contribution in [0.15, 0.2) is 48.5 Å². The average molecular weight is 417 g/mol. The highest BCUT2D eigenvalue weighted by molar-refractivity contribution is 8.00. The molecule has 0 unspecified atom stereocenters. The summed E-state index contributed by atoms with van der Waals surface area (Å²) in [6.45, 7) is 6.71. The van der Waals surface area contributed by atoms with Gasteiger partial charge in [-0.2, -0.15) is 0 Å². The van der Waals surface area contributed by atoms with Gasteiger partial charge in [-0.1, -0.05) is 49.7 Å². The number of hydrogen-bond acceptors (Lipinski definition) is 3. The monoisotopic (exact) mass is 416 g/mol. The van der Waals surface area contributed by atoms with Gasteiger partial charge in [0, 0.05) is 23.2 Å². The van der Waals surface area contributed by atoms with E-state index in [2.05, 4.69) is 19.2 Å². The third-order valence-corrected chi connectivity index (χ3v) is 6.56. The predicted molar refractivity (Wildman–Crippen MR) is 115 cm³/mol. The summed E-state index contributed by atoms with van der Waals surface area (Å²) in [7, 11) is 0. The highest BCUT2D eigenvalue weighted by Gasteiger charge is 2.32. The van der Waals surface area contributed by atoms with Gasteiger partial charge < -0.3 is 10.2 Å². The molecule has 2 aromatic carbocycles. The van der Waals surface area contributed by atoms with Gasteiger partial charge in [0.15, 0.2) is 0 Å². The van der Waals surface area contributed by atoms with Crippen LogP contribution in [0.1, 0.15) is 47.6 Å². The van der Waals surface area contributed by atoms with Crippen LogP contribution < -0.4 is 5.32 Å². The van der Waals surface area contributed by atoms with E-state index in [-0.39, 0.29) is 23.2 Å². The van der Waals surface area contributed by atoms with Crippen molar-refractivity contribution in [2.24, 2.45) is 5.92 Å². The zero-order chi connectivity index (χ0) is 20.3. The molecule has 3 rings (SSSR count). The van der Waals surface area contributed by atoms with Crippen molar-refractivity contribution in [3.63, 3.8) is 0 Å². The zero-order valence-electron chi connectivity index (χ0n) is 16.3. The molecule has 4 nitrogen and oxygen atoms in total. The number of rotatable bonds is 6. The molecule has 0 aliphatic carbocycles. The Balaban J connectivity index is 1.72. The van der Waals surface area contributed by atoms with Gasteiger partial charge in [0.25, 0.3) is 5.91 Å². The van der Waals surface area contributed by atoms with Crippen LogP contribution >= 0.6 is 23.4 Å². The van der Waals surface area contributed by atoms with Gasteiger partial charge in [-0.3, -0.25) is 9.59 Å². The van der Waals surface area contributed by atoms with E-state index in [1.165, 1.54) is 0 Å². The number of amides is 2. The molecule has 1 fully saturated rings. The molecule has 28 heavy (non-hydrogen) atoms. The maximum Gasteiger partial charge on any atom is 0.251 e. The highest BCUT2D eigenvalue weighted by Crippen LogP contribution is 2.39. The first kappa shape index (κ1) is 20.7. The lowest BCUT2D eigenvalue weighted by atomic mass is 10.1. The minimum absolute atomic E-state index is 0.0464. The molecule has 0 radical (unpaired) electrons. The van der Waals surface area contributed by atoms with Gasteiger partial charge >= 0.3 is 0 Å². The van der Waals surface area contributed by atoms with E-state index < -0.39 is 0 Å². The Morgan fingerprint density at radius 1 is 1.14 bits per heavy atom. The van der Waals surface area contributed by atoms with Crippen LogP contribution in [-0.2, 0) is 11.3 Å². The molecule has 2 atom stereocenters. The van der Waals surface area contributed by atoms with Gasteiger partial charge in [0.1, 0.15) is 5.37 Å². The molecule has 2 aromatic rings. The molecule has 1 aliphatic heterocycles. The molecular weight excluding hydrogens is 392 g/mol. The maximum absolute atomic E-state index is 12.4. The zero-order valence-corrected chi connectivity index (χ0v) is 17.9. The number of hydrogen-bond donors (Lipinski definition) is 1. The molecule has 148 valence electrons. The lowest BCUT2D eigenvalue weighted by Gasteiger charge is -2.24. The van der Waals surface area contributed by atoms with Crippen LogP contribution in [0.5, 0.6) is 0 Å². The number of nitrogens with one attached hydrogen (secondary N) is 1. The van der Waals surface area contributed by atoms with Gasteiger partial charge in [-0.05, 0) is 48.2 Å². The topological polar surface area (TPSA) is 49.4 Å². The van der Waals surface area contributed by atoms with E-state index in [1.54, 1.807) is 11.8 Å². The van der Waals surface area contributed by atoms with E-state index >= 15 is 0 Å². The van der Waals surface area contributed by atoms with Crippen molar-refractivity contribution in [3.8, 4) is 0 Å². The Morgan fingerprint density at radius 3 is 2.39 bits per heavy atom. The fraction of sp³-hybridized carbons (Fsp3) is 0.364. The molecule has 2 amide bonds. The standard InChI is InChI=1S/C22H25ClN2O2S/c1-14(2)15(3)24-21(27)17-6-8-18(9-7-17)22-25(20(26)13-28-22)12-16-4-10-19(23)11-5-16/h4-11,14-15,22H,12-13H2,1-3H3,(H,24,27)/t15-,22-/m1/s1. The van der Waals surface area contributed by atoms with E-state index in [1.807, 2.05) is 60.4 Å². The molecule has 1 N–H and O–H groups in total. The summed E-state index contributed by atoms with van der Waals surface area (Å²) in [6.07, 6.45) is 0. The lowest BCUT2D eigenvalue weighted by Crippen LogP contribution is -2.36. The molecule has 1 aliphatic rings. The Hall–Kier alpha value is -1.98. The van der Waals surface area contributed by atoms with Gasteiger partial charge in [-0.15, -0.1) is 11.8 Å². The normalized spacial score (nSPS) is 17.8. The van der Waals surface area contributed by atoms with Crippen LogP contribution in [0.25, 0.3) is 0 Å². The molecule has 6 heteroatoms. The van der Waals surface area contributed by atoms with Crippen molar-refractivity contribution in [2.75, 3.05) is 5.75 Å². The van der Waals surface area contributed by atoms with Crippen LogP contribution in [0.4, 0.5) is 0 Å². The number of carbonyl (C=O) groups is 2. The predicted octanol–water partition coefficient (Wildman–Crippen LogP) is 4.89. The smallest absolute Gasteiger partial charge is 0.251 e. The Kier molecular flexibility index (Phi) is 6.68. The molecule has 1 saturated heterocycles. The van der Waals surface area contributed by atoms with E-state index in [4.69, 9.17) is 11.6 Å². The molecule has 0 saturated carbocycles. The van der Waals surface area contributed by atoms with Crippen LogP contribution in [0.2, 0.25) is 5.02 Å². The SMILES string of the molecule is CC(C)[C@@H](C)NC(=O)c1ccc([C@H]2SCC(=O)N2Cc2ccc(Cl)cc2)cc1. The third-order valence-electron chi connectivity index (χ3n) is 5.05. The second-order valence-electron chi connectivity index (χ2n) is 7.44. The highest BCUT2D eigenvalue weighted by atomic mass is 35.5. The molecule has 0 bridgehead atoms. The third kappa shape index (κ3) is 4.89. The average Bonchev–Trinajstić information content (AvgIpc) is 3.04. The van der Waals surface area contributed by atoms with Crippen LogP contribution in [0, 0.1) is 5.92 Å². The second-order valence-corrected chi connectivity index (χ2v) is 8.94. The fourth-order valence-electron chi connectivity index (χ4n) is 2.94. The first-order chi connectivity index (χ1) is 13.3. The van der Waals surface area contributed by atoms with E-state index in [0.717, 1.165) is 11.1 Å². The quantitative estimate of drug-likeness (QED) is 0.729. The van der Waals surface area contributed by atoms with E-state index in [0.29, 0.717) is 28.8 Å². The number of halogens is 1.